The number of carbonyl (C=O) groups excluding carboxylic acids is 1. The molecule has 4 rings (SSSR count). The molecule has 0 radical (unpaired) electrons. The Balaban J connectivity index is 0.00000256. The van der Waals surface area contributed by atoms with E-state index in [0.29, 0.717) is 5.56 Å². The number of nitrogens with zero attached hydrogens (tertiary/aromatic N) is 2. The molecule has 0 bridgehead atoms. The Bertz CT molecular complexity index is 930. The second-order valence-corrected chi connectivity index (χ2v) is 7.61. The van der Waals surface area contributed by atoms with E-state index in [4.69, 9.17) is 4.74 Å². The molecule has 1 N–H and O–H groups in total. The summed E-state index contributed by atoms with van der Waals surface area (Å²) in [4.78, 5) is 18.7. The van der Waals surface area contributed by atoms with E-state index in [1.165, 1.54) is 18.2 Å². The summed E-state index contributed by atoms with van der Waals surface area (Å²) in [6.07, 6.45) is 1.24. The molecular formula is C21H23ClF3N3O2. The Morgan fingerprint density at radius 3 is 2.80 bits per heavy atom. The molecule has 2 saturated heterocycles. The lowest BCUT2D eigenvalue weighted by Crippen LogP contribution is -2.47. The number of hydrogen-bond acceptors (Lipinski definition) is 4. The van der Waals surface area contributed by atoms with Crippen molar-refractivity contribution in [3.05, 3.63) is 48.0 Å². The largest absolute Gasteiger partial charge is 0.488 e. The maximum Gasteiger partial charge on any atom is 0.272 e. The van der Waals surface area contributed by atoms with Crippen LogP contribution < -0.4 is 10.1 Å². The number of rotatable bonds is 5. The highest BCUT2D eigenvalue weighted by Crippen LogP contribution is 2.39. The molecule has 2 aliphatic heterocycles. The number of likely N-dealkylation sites (tertiary alicyclic amines) is 1. The highest BCUT2D eigenvalue weighted by atomic mass is 35.5. The van der Waals surface area contributed by atoms with Crippen molar-refractivity contribution in [2.75, 3.05) is 20.2 Å². The number of alkyl halides is 2. The lowest BCUT2D eigenvalue weighted by Gasteiger charge is -2.23. The average Bonchev–Trinajstić information content (AvgIpc) is 3.27. The van der Waals surface area contributed by atoms with Gasteiger partial charge in [-0.25, -0.2) is 13.2 Å². The predicted molar refractivity (Wildman–Crippen MR) is 108 cm³/mol. The Hall–Kier alpha value is -2.32. The van der Waals surface area contributed by atoms with Gasteiger partial charge in [-0.15, -0.1) is 12.4 Å². The van der Waals surface area contributed by atoms with E-state index in [1.54, 1.807) is 30.3 Å². The first-order valence-electron chi connectivity index (χ1n) is 9.58. The van der Waals surface area contributed by atoms with Crippen molar-refractivity contribution in [1.29, 1.82) is 0 Å². The smallest absolute Gasteiger partial charge is 0.272 e. The summed E-state index contributed by atoms with van der Waals surface area (Å²) in [5.74, 6) is -0.196. The minimum atomic E-state index is -2.60. The Kier molecular flexibility index (Phi) is 6.57. The fraction of sp³-hybridized carbons (Fsp3) is 0.429. The number of pyridine rings is 1. The molecule has 9 heteroatoms. The summed E-state index contributed by atoms with van der Waals surface area (Å²) in [5, 5.41) is 3.44. The normalized spacial score (nSPS) is 23.3. The summed E-state index contributed by atoms with van der Waals surface area (Å²) in [7, 11) is 1.80. The van der Waals surface area contributed by atoms with Gasteiger partial charge in [-0.05, 0) is 55.2 Å². The van der Waals surface area contributed by atoms with Crippen LogP contribution in [0.1, 0.15) is 31.0 Å². The number of likely N-dealkylation sites (N-methyl/N-ethyl adjacent to an activating group) is 1. The molecule has 2 fully saturated rings. The third-order valence-electron chi connectivity index (χ3n) is 5.70. The van der Waals surface area contributed by atoms with Gasteiger partial charge in [0.1, 0.15) is 23.7 Å². The van der Waals surface area contributed by atoms with Gasteiger partial charge in [0.2, 0.25) is 5.91 Å². The fourth-order valence-corrected chi connectivity index (χ4v) is 4.17. The van der Waals surface area contributed by atoms with E-state index >= 15 is 0 Å². The molecule has 1 aromatic carbocycles. The van der Waals surface area contributed by atoms with Gasteiger partial charge in [-0.2, -0.15) is 0 Å². The van der Waals surface area contributed by atoms with Crippen LogP contribution in [0.15, 0.2) is 36.5 Å². The standard InChI is InChI=1S/C21H22F3N3O2.ClH/c1-27-9-7-21(20(27)28)6-4-17(26-21)18-10-13(5-8-25-18)15-11-14(2-3-16(15)22)29-12-19(23)24;/h2-3,5,8,10-11,17,19,26H,4,6-7,9,12H2,1H3;1H/t17-,21+;/m1./s1. The van der Waals surface area contributed by atoms with E-state index in [0.717, 1.165) is 31.5 Å². The van der Waals surface area contributed by atoms with Crippen molar-refractivity contribution in [3.63, 3.8) is 0 Å². The van der Waals surface area contributed by atoms with Crippen molar-refractivity contribution in [1.82, 2.24) is 15.2 Å². The monoisotopic (exact) mass is 441 g/mol. The molecule has 0 unspecified atom stereocenters. The van der Waals surface area contributed by atoms with Crippen molar-refractivity contribution in [2.24, 2.45) is 0 Å². The zero-order valence-corrected chi connectivity index (χ0v) is 17.2. The van der Waals surface area contributed by atoms with Gasteiger partial charge in [0.05, 0.1) is 11.7 Å². The summed E-state index contributed by atoms with van der Waals surface area (Å²) in [6, 6.07) is 7.27. The van der Waals surface area contributed by atoms with E-state index < -0.39 is 24.4 Å². The van der Waals surface area contributed by atoms with Crippen LogP contribution in [0.3, 0.4) is 0 Å². The van der Waals surface area contributed by atoms with Gasteiger partial charge in [-0.3, -0.25) is 15.1 Å². The van der Waals surface area contributed by atoms with Crippen molar-refractivity contribution in [2.45, 2.75) is 37.3 Å². The molecule has 2 atom stereocenters. The van der Waals surface area contributed by atoms with Gasteiger partial charge in [0, 0.05) is 25.4 Å². The van der Waals surface area contributed by atoms with Gasteiger partial charge < -0.3 is 9.64 Å². The quantitative estimate of drug-likeness (QED) is 0.762. The predicted octanol–water partition coefficient (Wildman–Crippen LogP) is 3.98. The van der Waals surface area contributed by atoms with Crippen LogP contribution in [-0.4, -0.2) is 48.0 Å². The molecule has 1 spiro atoms. The van der Waals surface area contributed by atoms with E-state index in [1.807, 2.05) is 0 Å². The molecule has 2 aromatic rings. The SMILES string of the molecule is CN1CC[C@@]2(CC[C@H](c3cc(-c4cc(OCC(F)F)ccc4F)ccn3)N2)C1=O.Cl. The Labute approximate surface area is 179 Å². The zero-order chi connectivity index (χ0) is 20.6. The van der Waals surface area contributed by atoms with Gasteiger partial charge in [-0.1, -0.05) is 0 Å². The van der Waals surface area contributed by atoms with Crippen LogP contribution in [0.25, 0.3) is 11.1 Å². The average molecular weight is 442 g/mol. The number of amides is 1. The summed E-state index contributed by atoms with van der Waals surface area (Å²) in [6.45, 7) is -0.0220. The third-order valence-corrected chi connectivity index (χ3v) is 5.70. The first-order chi connectivity index (χ1) is 13.9. The van der Waals surface area contributed by atoms with Crippen molar-refractivity contribution >= 4 is 18.3 Å². The molecule has 1 amide bonds. The number of carbonyl (C=O) groups is 1. The minimum Gasteiger partial charge on any atom is -0.488 e. The third kappa shape index (κ3) is 4.25. The topological polar surface area (TPSA) is 54.5 Å². The molecule has 30 heavy (non-hydrogen) atoms. The van der Waals surface area contributed by atoms with Gasteiger partial charge >= 0.3 is 0 Å². The highest BCUT2D eigenvalue weighted by molar-refractivity contribution is 5.88. The number of hydrogen-bond donors (Lipinski definition) is 1. The Morgan fingerprint density at radius 1 is 1.30 bits per heavy atom. The molecular weight excluding hydrogens is 419 g/mol. The maximum absolute atomic E-state index is 14.4. The first kappa shape index (κ1) is 22.4. The zero-order valence-electron chi connectivity index (χ0n) is 16.4. The van der Waals surface area contributed by atoms with Crippen LogP contribution in [0, 0.1) is 5.82 Å². The number of halogens is 4. The number of nitrogens with one attached hydrogen (secondary N) is 1. The van der Waals surface area contributed by atoms with E-state index in [-0.39, 0.29) is 35.7 Å². The summed E-state index contributed by atoms with van der Waals surface area (Å²) in [5.41, 5.74) is 1.02. The number of ether oxygens (including phenoxy) is 1. The van der Waals surface area contributed by atoms with Crippen molar-refractivity contribution < 1.29 is 22.7 Å². The van der Waals surface area contributed by atoms with Crippen molar-refractivity contribution in [3.8, 4) is 16.9 Å². The number of aromatic nitrogens is 1. The first-order valence-corrected chi connectivity index (χ1v) is 9.58. The molecule has 1 aromatic heterocycles. The van der Waals surface area contributed by atoms with Gasteiger partial charge in [0.15, 0.2) is 0 Å². The van der Waals surface area contributed by atoms with Crippen LogP contribution in [0.2, 0.25) is 0 Å². The molecule has 0 aliphatic carbocycles. The molecule has 5 nitrogen and oxygen atoms in total. The maximum atomic E-state index is 14.4. The second kappa shape index (κ2) is 8.81. The highest BCUT2D eigenvalue weighted by Gasteiger charge is 2.50. The van der Waals surface area contributed by atoms with E-state index in [9.17, 15) is 18.0 Å². The summed E-state index contributed by atoms with van der Waals surface area (Å²) < 4.78 is 44.2. The number of benzene rings is 1. The summed E-state index contributed by atoms with van der Waals surface area (Å²) >= 11 is 0. The molecule has 3 heterocycles. The van der Waals surface area contributed by atoms with Crippen LogP contribution in [0.5, 0.6) is 5.75 Å². The lowest BCUT2D eigenvalue weighted by molar-refractivity contribution is -0.131. The molecule has 0 saturated carbocycles. The van der Waals surface area contributed by atoms with Crippen LogP contribution in [0.4, 0.5) is 13.2 Å². The molecule has 2 aliphatic rings. The Morgan fingerprint density at radius 2 is 2.10 bits per heavy atom. The van der Waals surface area contributed by atoms with Gasteiger partial charge in [0.25, 0.3) is 6.43 Å². The van der Waals surface area contributed by atoms with E-state index in [2.05, 4.69) is 10.3 Å². The second-order valence-electron chi connectivity index (χ2n) is 7.61. The lowest BCUT2D eigenvalue weighted by atomic mass is 9.96. The van der Waals surface area contributed by atoms with Crippen LogP contribution >= 0.6 is 12.4 Å². The van der Waals surface area contributed by atoms with Crippen LogP contribution in [-0.2, 0) is 4.79 Å². The fourth-order valence-electron chi connectivity index (χ4n) is 4.17. The minimum absolute atomic E-state index is 0. The molecule has 162 valence electrons.